The van der Waals surface area contributed by atoms with Gasteiger partial charge in [0.1, 0.15) is 0 Å². The number of hydrogen-bond acceptors (Lipinski definition) is 3. The van der Waals surface area contributed by atoms with Gasteiger partial charge in [0.15, 0.2) is 0 Å². The summed E-state index contributed by atoms with van der Waals surface area (Å²) >= 11 is 3.19. The molecule has 4 nitrogen and oxygen atoms in total. The summed E-state index contributed by atoms with van der Waals surface area (Å²) in [5.74, 6) is -0.704. The molecule has 0 unspecified atom stereocenters. The summed E-state index contributed by atoms with van der Waals surface area (Å²) in [6.45, 7) is 3.88. The Hall–Kier alpha value is -1.41. The average molecular weight is 407 g/mol. The number of aliphatic hydroxyl groups is 1. The minimum Gasteiger partial charge on any atom is -0.362 e. The standard InChI is InChI=1S/C16H18BrF3N2O2/c1-10(2)3-8-13-9-15(24,16(18,19)20)22(21-13)14(23)11-4-6-12(17)7-5-11/h4-7,10,24H,3,8-9H2,1-2H3/t15-/m1/s1. The molecule has 1 aromatic rings. The summed E-state index contributed by atoms with van der Waals surface area (Å²) in [7, 11) is 0. The summed E-state index contributed by atoms with van der Waals surface area (Å²) < 4.78 is 40.8. The first kappa shape index (κ1) is 18.9. The van der Waals surface area contributed by atoms with Crippen LogP contribution in [0.5, 0.6) is 0 Å². The monoisotopic (exact) mass is 406 g/mol. The molecule has 0 aromatic heterocycles. The lowest BCUT2D eigenvalue weighted by Crippen LogP contribution is -2.56. The molecule has 0 saturated carbocycles. The zero-order valence-corrected chi connectivity index (χ0v) is 14.9. The quantitative estimate of drug-likeness (QED) is 0.808. The van der Waals surface area contributed by atoms with Crippen molar-refractivity contribution in [3.8, 4) is 0 Å². The van der Waals surface area contributed by atoms with Crippen molar-refractivity contribution in [2.24, 2.45) is 11.0 Å². The van der Waals surface area contributed by atoms with Gasteiger partial charge >= 0.3 is 6.18 Å². The molecule has 1 aliphatic heterocycles. The fourth-order valence-corrected chi connectivity index (χ4v) is 2.63. The highest BCUT2D eigenvalue weighted by molar-refractivity contribution is 9.10. The summed E-state index contributed by atoms with van der Waals surface area (Å²) in [6.07, 6.45) is -4.78. The van der Waals surface area contributed by atoms with Crippen LogP contribution in [-0.4, -0.2) is 33.6 Å². The zero-order valence-electron chi connectivity index (χ0n) is 13.3. The normalized spacial score (nSPS) is 21.3. The van der Waals surface area contributed by atoms with E-state index in [0.29, 0.717) is 17.3 Å². The van der Waals surface area contributed by atoms with Crippen LogP contribution in [0.2, 0.25) is 0 Å². The van der Waals surface area contributed by atoms with Crippen molar-refractivity contribution in [2.75, 3.05) is 0 Å². The van der Waals surface area contributed by atoms with E-state index in [1.807, 2.05) is 13.8 Å². The van der Waals surface area contributed by atoms with Gasteiger partial charge < -0.3 is 5.11 Å². The minimum atomic E-state index is -5.00. The van der Waals surface area contributed by atoms with E-state index >= 15 is 0 Å². The molecule has 1 amide bonds. The van der Waals surface area contributed by atoms with Gasteiger partial charge in [-0.15, -0.1) is 0 Å². The number of benzene rings is 1. The molecular formula is C16H18BrF3N2O2. The van der Waals surface area contributed by atoms with Gasteiger partial charge in [-0.3, -0.25) is 4.79 Å². The van der Waals surface area contributed by atoms with E-state index in [-0.39, 0.29) is 22.2 Å². The SMILES string of the molecule is CC(C)CCC1=NN(C(=O)c2ccc(Br)cc2)[C@](O)(C(F)(F)F)C1. The third-order valence-electron chi connectivity index (χ3n) is 3.79. The lowest BCUT2D eigenvalue weighted by molar-refractivity contribution is -0.297. The van der Waals surface area contributed by atoms with Crippen LogP contribution >= 0.6 is 15.9 Å². The van der Waals surface area contributed by atoms with Crippen molar-refractivity contribution >= 4 is 27.5 Å². The van der Waals surface area contributed by atoms with Crippen molar-refractivity contribution in [2.45, 2.75) is 45.0 Å². The van der Waals surface area contributed by atoms with E-state index < -0.39 is 24.2 Å². The lowest BCUT2D eigenvalue weighted by Gasteiger charge is -2.32. The molecule has 0 saturated heterocycles. The Bertz CT molecular complexity index is 644. The van der Waals surface area contributed by atoms with Gasteiger partial charge in [-0.2, -0.15) is 23.3 Å². The maximum absolute atomic E-state index is 13.4. The summed E-state index contributed by atoms with van der Waals surface area (Å²) in [4.78, 5) is 12.4. The van der Waals surface area contributed by atoms with E-state index in [1.165, 1.54) is 12.1 Å². The number of halogens is 4. The van der Waals surface area contributed by atoms with Crippen LogP contribution < -0.4 is 0 Å². The number of rotatable bonds is 4. The zero-order chi connectivity index (χ0) is 18.1. The number of carbonyl (C=O) groups excluding carboxylic acids is 1. The largest absolute Gasteiger partial charge is 0.438 e. The van der Waals surface area contributed by atoms with Crippen LogP contribution in [0.15, 0.2) is 33.8 Å². The summed E-state index contributed by atoms with van der Waals surface area (Å²) in [5, 5.41) is 14.1. The van der Waals surface area contributed by atoms with Crippen molar-refractivity contribution in [1.29, 1.82) is 0 Å². The molecule has 1 aliphatic rings. The molecule has 8 heteroatoms. The predicted molar refractivity (Wildman–Crippen MR) is 87.4 cm³/mol. The van der Waals surface area contributed by atoms with Crippen molar-refractivity contribution in [3.05, 3.63) is 34.3 Å². The van der Waals surface area contributed by atoms with Gasteiger partial charge in [0.05, 0.1) is 0 Å². The van der Waals surface area contributed by atoms with Crippen LogP contribution in [0.25, 0.3) is 0 Å². The molecule has 24 heavy (non-hydrogen) atoms. The fourth-order valence-electron chi connectivity index (χ4n) is 2.36. The highest BCUT2D eigenvalue weighted by atomic mass is 79.9. The second-order valence-corrected chi connectivity index (χ2v) is 7.13. The van der Waals surface area contributed by atoms with E-state index in [9.17, 15) is 23.1 Å². The first-order valence-electron chi connectivity index (χ1n) is 7.50. The second kappa shape index (κ2) is 6.84. The molecular weight excluding hydrogens is 389 g/mol. The molecule has 0 bridgehead atoms. The first-order valence-corrected chi connectivity index (χ1v) is 8.29. The smallest absolute Gasteiger partial charge is 0.362 e. The molecule has 1 atom stereocenters. The Morgan fingerprint density at radius 3 is 2.46 bits per heavy atom. The van der Waals surface area contributed by atoms with Gasteiger partial charge in [0.25, 0.3) is 11.6 Å². The lowest BCUT2D eigenvalue weighted by atomic mass is 9.99. The van der Waals surface area contributed by atoms with E-state index in [2.05, 4.69) is 21.0 Å². The highest BCUT2D eigenvalue weighted by Crippen LogP contribution is 2.41. The van der Waals surface area contributed by atoms with Gasteiger partial charge in [-0.1, -0.05) is 29.8 Å². The van der Waals surface area contributed by atoms with Gasteiger partial charge in [-0.05, 0) is 43.0 Å². The van der Waals surface area contributed by atoms with E-state index in [1.54, 1.807) is 12.1 Å². The number of carbonyl (C=O) groups is 1. The summed E-state index contributed by atoms with van der Waals surface area (Å²) in [5.41, 5.74) is -3.10. The van der Waals surface area contributed by atoms with Crippen LogP contribution in [-0.2, 0) is 0 Å². The topological polar surface area (TPSA) is 52.9 Å². The molecule has 0 spiro atoms. The molecule has 1 aromatic carbocycles. The maximum Gasteiger partial charge on any atom is 0.438 e. The van der Waals surface area contributed by atoms with Crippen molar-refractivity contribution < 1.29 is 23.1 Å². The molecule has 0 aliphatic carbocycles. The Kier molecular flexibility index (Phi) is 5.39. The number of alkyl halides is 3. The predicted octanol–water partition coefficient (Wildman–Crippen LogP) is 4.34. The third kappa shape index (κ3) is 3.80. The maximum atomic E-state index is 13.4. The second-order valence-electron chi connectivity index (χ2n) is 6.21. The Morgan fingerprint density at radius 2 is 1.96 bits per heavy atom. The van der Waals surface area contributed by atoms with Crippen LogP contribution in [0, 0.1) is 5.92 Å². The highest BCUT2D eigenvalue weighted by Gasteiger charge is 2.63. The van der Waals surface area contributed by atoms with Crippen molar-refractivity contribution in [1.82, 2.24) is 5.01 Å². The van der Waals surface area contributed by atoms with Gasteiger partial charge in [0, 0.05) is 22.2 Å². The third-order valence-corrected chi connectivity index (χ3v) is 4.32. The number of amides is 1. The van der Waals surface area contributed by atoms with Crippen LogP contribution in [0.3, 0.4) is 0 Å². The minimum absolute atomic E-state index is 0.0229. The first-order chi connectivity index (χ1) is 11.0. The van der Waals surface area contributed by atoms with Crippen LogP contribution in [0.4, 0.5) is 13.2 Å². The Balaban J connectivity index is 2.33. The molecule has 2 rings (SSSR count). The molecule has 0 fully saturated rings. The van der Waals surface area contributed by atoms with Gasteiger partial charge in [0.2, 0.25) is 0 Å². The molecule has 1 heterocycles. The van der Waals surface area contributed by atoms with Crippen molar-refractivity contribution in [3.63, 3.8) is 0 Å². The van der Waals surface area contributed by atoms with E-state index in [0.717, 1.165) is 0 Å². The number of hydrazone groups is 1. The molecule has 1 N–H and O–H groups in total. The number of nitrogens with zero attached hydrogens (tertiary/aromatic N) is 2. The Labute approximate surface area is 146 Å². The molecule has 132 valence electrons. The van der Waals surface area contributed by atoms with Crippen LogP contribution in [0.1, 0.15) is 43.5 Å². The summed E-state index contributed by atoms with van der Waals surface area (Å²) in [6, 6.07) is 5.84. The molecule has 0 radical (unpaired) electrons. The number of hydrogen-bond donors (Lipinski definition) is 1. The van der Waals surface area contributed by atoms with Gasteiger partial charge in [-0.25, -0.2) is 0 Å². The van der Waals surface area contributed by atoms with E-state index in [4.69, 9.17) is 0 Å². The average Bonchev–Trinajstić information content (AvgIpc) is 2.83. The Morgan fingerprint density at radius 1 is 1.38 bits per heavy atom. The fraction of sp³-hybridized carbons (Fsp3) is 0.500.